The fourth-order valence-electron chi connectivity index (χ4n) is 0.942. The number of ether oxygens (including phenoxy) is 1. The van der Waals surface area contributed by atoms with Crippen LogP contribution in [-0.2, 0) is 24.4 Å². The van der Waals surface area contributed by atoms with Crippen molar-refractivity contribution in [1.82, 2.24) is 0 Å². The first-order valence-corrected chi connectivity index (χ1v) is 9.35. The van der Waals surface area contributed by atoms with Crippen LogP contribution in [0.4, 0.5) is 0 Å². The van der Waals surface area contributed by atoms with E-state index in [0.29, 0.717) is 0.199 Å². The predicted molar refractivity (Wildman–Crippen MR) is 71.3 cm³/mol. The van der Waals surface area contributed by atoms with Gasteiger partial charge in [-0.15, -0.1) is 0 Å². The van der Waals surface area contributed by atoms with Crippen LogP contribution in [0.15, 0.2) is 0 Å². The van der Waals surface area contributed by atoms with Crippen molar-refractivity contribution in [3.8, 4) is 0 Å². The molecule has 0 aliphatic heterocycles. The predicted octanol–water partition coefficient (Wildman–Crippen LogP) is 0.120. The SMILES string of the molecule is CCCCO[CH](C)[K].O=C(O)CC(C(=O)O)S(=O)(=O)O. The maximum atomic E-state index is 10.2. The fourth-order valence-corrected chi connectivity index (χ4v) is 1.92. The summed E-state index contributed by atoms with van der Waals surface area (Å²) in [6.07, 6.45) is 1.31. The molecule has 0 rings (SSSR count). The zero-order valence-corrected chi connectivity index (χ0v) is 15.7. The summed E-state index contributed by atoms with van der Waals surface area (Å²) in [4.78, 5) is 20.0. The Hall–Kier alpha value is 0.446. The van der Waals surface area contributed by atoms with Crippen molar-refractivity contribution in [3.63, 3.8) is 0 Å². The minimum absolute atomic E-state index is 0.592. The molecule has 0 aliphatic carbocycles. The second-order valence-corrected chi connectivity index (χ2v) is 8.35. The second-order valence-electron chi connectivity index (χ2n) is 4.21. The van der Waals surface area contributed by atoms with Gasteiger partial charge in [0.15, 0.2) is 5.25 Å². The van der Waals surface area contributed by atoms with Gasteiger partial charge in [0.25, 0.3) is 10.1 Å². The van der Waals surface area contributed by atoms with Gasteiger partial charge < -0.3 is 10.2 Å². The number of hydrogen-bond donors (Lipinski definition) is 3. The molecule has 0 saturated heterocycles. The molecule has 0 aromatic carbocycles. The Morgan fingerprint density at radius 3 is 2.00 bits per heavy atom. The van der Waals surface area contributed by atoms with Gasteiger partial charge in [-0.3, -0.25) is 14.1 Å². The van der Waals surface area contributed by atoms with E-state index in [1.807, 2.05) is 0 Å². The van der Waals surface area contributed by atoms with Crippen molar-refractivity contribution < 1.29 is 37.5 Å². The molecule has 0 bridgehead atoms. The van der Waals surface area contributed by atoms with Crippen molar-refractivity contribution in [1.29, 1.82) is 0 Å². The third kappa shape index (κ3) is 14.8. The average Bonchev–Trinajstić information content (AvgIpc) is 2.24. The molecule has 0 radical (unpaired) electrons. The number of aliphatic carboxylic acids is 2. The first-order chi connectivity index (χ1) is 9.02. The van der Waals surface area contributed by atoms with Crippen LogP contribution in [0.3, 0.4) is 0 Å². The Labute approximate surface area is 152 Å². The zero-order valence-electron chi connectivity index (χ0n) is 11.8. The summed E-state index contributed by atoms with van der Waals surface area (Å²) in [7, 11) is -4.84. The molecule has 0 spiro atoms. The van der Waals surface area contributed by atoms with Gasteiger partial charge in [0.2, 0.25) is 0 Å². The van der Waals surface area contributed by atoms with E-state index in [-0.39, 0.29) is 0 Å². The minimum atomic E-state index is -4.84. The van der Waals surface area contributed by atoms with E-state index in [2.05, 4.69) is 13.8 Å². The van der Waals surface area contributed by atoms with E-state index in [1.165, 1.54) is 12.8 Å². The molecule has 10 heteroatoms. The topological polar surface area (TPSA) is 138 Å². The van der Waals surface area contributed by atoms with Crippen LogP contribution in [0.1, 0.15) is 33.1 Å². The quantitative estimate of drug-likeness (QED) is 0.322. The van der Waals surface area contributed by atoms with Crippen molar-refractivity contribution in [2.75, 3.05) is 6.61 Å². The summed E-state index contributed by atoms with van der Waals surface area (Å²) in [5, 5.41) is 13.9. The van der Waals surface area contributed by atoms with Gasteiger partial charge in [-0.2, -0.15) is 8.42 Å². The smallest absolute Gasteiger partial charge is 0.325 e. The molecule has 8 nitrogen and oxygen atoms in total. The van der Waals surface area contributed by atoms with Crippen molar-refractivity contribution in [2.24, 2.45) is 0 Å². The van der Waals surface area contributed by atoms with E-state index >= 15 is 0 Å². The van der Waals surface area contributed by atoms with Gasteiger partial charge in [0.1, 0.15) is 0 Å². The Balaban J connectivity index is 0. The molecule has 0 amide bonds. The molecule has 0 saturated carbocycles. The standard InChI is InChI=1S/C6H13O.C4H6O7S.K/c1-3-5-6-7-4-2;5-3(6)1-2(4(7)8)12(9,10)11;/h4H,3,5-6H2,1-2H3;2H,1H2,(H,5,6)(H,7,8)(H,9,10,11);. The van der Waals surface area contributed by atoms with Crippen molar-refractivity contribution in [2.45, 2.75) is 38.6 Å². The van der Waals surface area contributed by atoms with Gasteiger partial charge in [-0.1, -0.05) is 0 Å². The molecular formula is C10H19KO8S. The van der Waals surface area contributed by atoms with Crippen LogP contribution in [0.5, 0.6) is 0 Å². The van der Waals surface area contributed by atoms with Gasteiger partial charge in [-0.25, -0.2) is 0 Å². The van der Waals surface area contributed by atoms with E-state index in [1.54, 1.807) is 0 Å². The van der Waals surface area contributed by atoms with Gasteiger partial charge >= 0.3 is 99.1 Å². The zero-order chi connectivity index (χ0) is 16.3. The van der Waals surface area contributed by atoms with Crippen LogP contribution < -0.4 is 0 Å². The largest absolute Gasteiger partial charge is 0.481 e. The number of rotatable bonds is 8. The summed E-state index contributed by atoms with van der Waals surface area (Å²) >= 11 is 0.848. The summed E-state index contributed by atoms with van der Waals surface area (Å²) in [6.45, 7) is 5.31. The third-order valence-electron chi connectivity index (χ3n) is 1.94. The van der Waals surface area contributed by atoms with Crippen molar-refractivity contribution in [3.05, 3.63) is 0 Å². The van der Waals surface area contributed by atoms with Crippen molar-refractivity contribution >= 4 is 71.0 Å². The van der Waals surface area contributed by atoms with Gasteiger partial charge in [0.05, 0.1) is 6.42 Å². The molecule has 0 aliphatic rings. The van der Waals surface area contributed by atoms with E-state index in [9.17, 15) is 18.0 Å². The number of unbranched alkanes of at least 4 members (excludes halogenated alkanes) is 1. The summed E-state index contributed by atoms with van der Waals surface area (Å²) in [6, 6.07) is 0. The van der Waals surface area contributed by atoms with E-state index in [0.717, 1.165) is 55.6 Å². The molecule has 2 atom stereocenters. The number of carboxylic acids is 2. The van der Waals surface area contributed by atoms with Gasteiger partial charge in [0, 0.05) is 0 Å². The number of carbonyl (C=O) groups is 2. The molecule has 0 aromatic rings. The van der Waals surface area contributed by atoms with Crippen LogP contribution in [-0.4, -0.2) is 96.1 Å². The third-order valence-corrected chi connectivity index (χ3v) is 3.55. The summed E-state index contributed by atoms with van der Waals surface area (Å²) < 4.78 is 34.6. The number of carboxylic acid groups (broad SMARTS) is 2. The Bertz CT molecular complexity index is 392. The van der Waals surface area contributed by atoms with Crippen LogP contribution in [0, 0.1) is 0 Å². The fraction of sp³-hybridized carbons (Fsp3) is 0.800. The number of hydrogen-bond acceptors (Lipinski definition) is 5. The maximum Gasteiger partial charge on any atom is 0.325 e. The molecule has 2 unspecified atom stereocenters. The Morgan fingerprint density at radius 2 is 1.80 bits per heavy atom. The van der Waals surface area contributed by atoms with E-state index < -0.39 is 33.7 Å². The molecule has 114 valence electrons. The molecule has 0 heterocycles. The molecule has 0 fully saturated rings. The first kappa shape index (κ1) is 22.7. The Morgan fingerprint density at radius 1 is 1.30 bits per heavy atom. The van der Waals surface area contributed by atoms with Crippen LogP contribution >= 0.6 is 0 Å². The summed E-state index contributed by atoms with van der Waals surface area (Å²) in [5.41, 5.74) is 0. The Kier molecular flexibility index (Phi) is 13.7. The normalized spacial score (nSPS) is 13.8. The van der Waals surface area contributed by atoms with Crippen LogP contribution in [0.2, 0.25) is 0 Å². The van der Waals surface area contributed by atoms with Gasteiger partial charge in [-0.05, 0) is 0 Å². The second kappa shape index (κ2) is 12.0. The molecule has 3 N–H and O–H groups in total. The van der Waals surface area contributed by atoms with Crippen LogP contribution in [0.25, 0.3) is 0 Å². The molecular weight excluding hydrogens is 319 g/mol. The molecule has 0 aromatic heterocycles. The first-order valence-electron chi connectivity index (χ1n) is 6.04. The minimum Gasteiger partial charge on any atom is -0.481 e. The van der Waals surface area contributed by atoms with E-state index in [4.69, 9.17) is 19.5 Å². The summed E-state index contributed by atoms with van der Waals surface area (Å²) in [5.74, 6) is -3.50. The monoisotopic (exact) mass is 338 g/mol. The maximum absolute atomic E-state index is 10.2. The average molecular weight is 338 g/mol. The molecule has 20 heavy (non-hydrogen) atoms.